The molecule has 6 atom stereocenters. The summed E-state index contributed by atoms with van der Waals surface area (Å²) < 4.78 is 0. The molecule has 8 rings (SSSR count). The van der Waals surface area contributed by atoms with E-state index in [9.17, 15) is 19.2 Å². The Hall–Kier alpha value is -3.76. The molecule has 4 heterocycles. The van der Waals surface area contributed by atoms with Crippen LogP contribution in [0.25, 0.3) is 0 Å². The summed E-state index contributed by atoms with van der Waals surface area (Å²) in [7, 11) is 0. The normalized spacial score (nSPS) is 26.9. The number of hydrogen-bond acceptors (Lipinski definition) is 6. The van der Waals surface area contributed by atoms with Crippen LogP contribution in [-0.4, -0.2) is 45.7 Å². The van der Waals surface area contributed by atoms with Crippen molar-refractivity contribution in [2.45, 2.75) is 38.0 Å². The van der Waals surface area contributed by atoms with Gasteiger partial charge in [0, 0.05) is 0 Å². The lowest BCUT2D eigenvalue weighted by Gasteiger charge is -2.35. The number of hydrogen-bond donors (Lipinski definition) is 0. The zero-order valence-electron chi connectivity index (χ0n) is 25.5. The summed E-state index contributed by atoms with van der Waals surface area (Å²) in [4.78, 5) is 60.6. The van der Waals surface area contributed by atoms with E-state index in [1.807, 2.05) is 72.4 Å². The molecule has 4 aliphatic heterocycles. The highest BCUT2D eigenvalue weighted by atomic mass is 35.5. The second-order valence-corrected chi connectivity index (χ2v) is 14.3. The number of rotatable bonds is 4. The third-order valence-electron chi connectivity index (χ3n) is 9.89. The fraction of sp³-hybridized carbons (Fsp3) is 0.222. The maximum Gasteiger partial charge on any atom is 0.253 e. The van der Waals surface area contributed by atoms with E-state index in [2.05, 4.69) is 0 Å². The molecule has 8 nitrogen and oxygen atoms in total. The van der Waals surface area contributed by atoms with Gasteiger partial charge in [0.05, 0.1) is 55.4 Å². The maximum atomic E-state index is 14.6. The highest BCUT2D eigenvalue weighted by Gasteiger charge is 2.73. The number of anilines is 2. The van der Waals surface area contributed by atoms with Gasteiger partial charge in [-0.1, -0.05) is 106 Å². The average molecular weight is 720 g/mol. The van der Waals surface area contributed by atoms with Crippen LogP contribution in [0.3, 0.4) is 0 Å². The van der Waals surface area contributed by atoms with Gasteiger partial charge in [0.15, 0.2) is 0 Å². The maximum absolute atomic E-state index is 14.6. The summed E-state index contributed by atoms with van der Waals surface area (Å²) in [6.07, 6.45) is 0. The minimum atomic E-state index is -1.01. The first kappa shape index (κ1) is 31.5. The molecule has 12 heteroatoms. The molecule has 0 bridgehead atoms. The smallest absolute Gasteiger partial charge is 0.253 e. The number of hydrazine groups is 1. The summed E-state index contributed by atoms with van der Waals surface area (Å²) in [5.74, 6) is -3.60. The van der Waals surface area contributed by atoms with Gasteiger partial charge in [-0.25, -0.2) is 19.8 Å². The fourth-order valence-electron chi connectivity index (χ4n) is 7.78. The predicted molar refractivity (Wildman–Crippen MR) is 184 cm³/mol. The summed E-state index contributed by atoms with van der Waals surface area (Å²) in [5, 5.41) is 4.65. The summed E-state index contributed by atoms with van der Waals surface area (Å²) in [6.45, 7) is 3.91. The van der Waals surface area contributed by atoms with E-state index in [0.717, 1.165) is 32.1 Å². The minimum Gasteiger partial charge on any atom is -0.274 e. The first-order valence-electron chi connectivity index (χ1n) is 15.3. The molecule has 4 aromatic rings. The second-order valence-electron chi connectivity index (χ2n) is 12.6. The average Bonchev–Trinajstić information content (AvgIpc) is 3.72. The predicted octanol–water partition coefficient (Wildman–Crippen LogP) is 7.36. The van der Waals surface area contributed by atoms with Crippen LogP contribution in [0.5, 0.6) is 0 Å². The first-order valence-corrected chi connectivity index (χ1v) is 16.8. The minimum absolute atomic E-state index is 0.204. The van der Waals surface area contributed by atoms with E-state index in [4.69, 9.17) is 46.4 Å². The van der Waals surface area contributed by atoms with Crippen molar-refractivity contribution in [3.63, 3.8) is 0 Å². The molecule has 48 heavy (non-hydrogen) atoms. The third kappa shape index (κ3) is 4.51. The fourth-order valence-corrected chi connectivity index (χ4v) is 8.37. The standard InChI is InChI=1S/C36H26Cl4N4O4/c1-17-3-7-19(8-4-17)29-27-31(35(47)41(33(27)45)21-11-13-23(37)25(39)15-21)44-30(20-9-5-18(2)6-10-20)28-32(43(29)44)36(48)42(34(28)46)22-12-14-24(38)26(40)16-22/h3-16,27-32H,1-2H3/t27-,28+,29-,30-,31+,32-/m1/s1. The molecule has 4 aliphatic rings. The van der Waals surface area contributed by atoms with Crippen LogP contribution >= 0.6 is 46.4 Å². The van der Waals surface area contributed by atoms with Gasteiger partial charge in [-0.15, -0.1) is 0 Å². The highest BCUT2D eigenvalue weighted by Crippen LogP contribution is 2.60. The Bertz CT molecular complexity index is 1910. The number of aryl methyl sites for hydroxylation is 2. The Labute approximate surface area is 296 Å². The molecule has 4 aromatic carbocycles. The van der Waals surface area contributed by atoms with Gasteiger partial charge >= 0.3 is 0 Å². The molecule has 0 aliphatic carbocycles. The van der Waals surface area contributed by atoms with Crippen molar-refractivity contribution in [3.8, 4) is 0 Å². The number of carbonyl (C=O) groups is 4. The zero-order chi connectivity index (χ0) is 33.8. The van der Waals surface area contributed by atoms with E-state index in [1.165, 1.54) is 12.1 Å². The van der Waals surface area contributed by atoms with Crippen molar-refractivity contribution in [2.24, 2.45) is 11.8 Å². The number of amides is 4. The van der Waals surface area contributed by atoms with Crippen molar-refractivity contribution in [2.75, 3.05) is 9.80 Å². The van der Waals surface area contributed by atoms with E-state index in [1.54, 1.807) is 24.3 Å². The lowest BCUT2D eigenvalue weighted by atomic mass is 9.84. The van der Waals surface area contributed by atoms with Gasteiger partial charge in [0.2, 0.25) is 11.8 Å². The van der Waals surface area contributed by atoms with Gasteiger partial charge < -0.3 is 0 Å². The largest absolute Gasteiger partial charge is 0.274 e. The summed E-state index contributed by atoms with van der Waals surface area (Å²) in [5.41, 5.74) is 4.09. The van der Waals surface area contributed by atoms with E-state index >= 15 is 0 Å². The van der Waals surface area contributed by atoms with Gasteiger partial charge in [-0.3, -0.25) is 19.2 Å². The van der Waals surface area contributed by atoms with Crippen LogP contribution in [0.15, 0.2) is 84.9 Å². The lowest BCUT2D eigenvalue weighted by molar-refractivity contribution is -0.136. The molecular formula is C36H26Cl4N4O4. The number of imide groups is 2. The quantitative estimate of drug-likeness (QED) is 0.205. The number of halogens is 4. The van der Waals surface area contributed by atoms with Crippen molar-refractivity contribution >= 4 is 81.4 Å². The molecule has 4 amide bonds. The molecule has 0 spiro atoms. The molecule has 4 fully saturated rings. The summed E-state index contributed by atoms with van der Waals surface area (Å²) in [6, 6.07) is 21.1. The Morgan fingerprint density at radius 2 is 0.792 bits per heavy atom. The molecule has 0 radical (unpaired) electrons. The zero-order valence-corrected chi connectivity index (χ0v) is 28.5. The Balaban J connectivity index is 1.33. The molecule has 0 N–H and O–H groups in total. The van der Waals surface area contributed by atoms with Crippen molar-refractivity contribution in [3.05, 3.63) is 127 Å². The van der Waals surface area contributed by atoms with Crippen LogP contribution in [0, 0.1) is 25.7 Å². The topological polar surface area (TPSA) is 81.2 Å². The van der Waals surface area contributed by atoms with Crippen LogP contribution in [-0.2, 0) is 19.2 Å². The Morgan fingerprint density at radius 1 is 0.438 bits per heavy atom. The van der Waals surface area contributed by atoms with Crippen LogP contribution < -0.4 is 9.80 Å². The molecule has 242 valence electrons. The monoisotopic (exact) mass is 718 g/mol. The van der Waals surface area contributed by atoms with Gasteiger partial charge in [0.25, 0.3) is 11.8 Å². The molecule has 0 aromatic heterocycles. The number of nitrogens with zero attached hydrogens (tertiary/aromatic N) is 4. The lowest BCUT2D eigenvalue weighted by Crippen LogP contribution is -2.50. The van der Waals surface area contributed by atoms with E-state index in [-0.39, 0.29) is 10.0 Å². The number of carbonyl (C=O) groups excluding carboxylic acids is 4. The van der Waals surface area contributed by atoms with E-state index in [0.29, 0.717) is 21.4 Å². The third-order valence-corrected chi connectivity index (χ3v) is 11.4. The van der Waals surface area contributed by atoms with E-state index < -0.39 is 59.6 Å². The van der Waals surface area contributed by atoms with Crippen LogP contribution in [0.4, 0.5) is 11.4 Å². The Kier molecular flexibility index (Phi) is 7.49. The van der Waals surface area contributed by atoms with Gasteiger partial charge in [0.1, 0.15) is 12.1 Å². The van der Waals surface area contributed by atoms with Crippen LogP contribution in [0.1, 0.15) is 34.3 Å². The number of benzene rings is 4. The molecule has 4 saturated heterocycles. The molecule has 0 unspecified atom stereocenters. The SMILES string of the molecule is Cc1ccc([C@@H]2[C@@H]3C(=O)N(c4ccc(Cl)c(Cl)c4)C(=O)[C@@H]3N3[C@H](c4ccc(C)cc4)[C@H]4C(=O)N(c5ccc(Cl)c(Cl)c5)C(=O)[C@H]4N23)cc1. The Morgan fingerprint density at radius 3 is 1.12 bits per heavy atom. The second kappa shape index (κ2) is 11.4. The van der Waals surface area contributed by atoms with Gasteiger partial charge in [-0.05, 0) is 61.4 Å². The number of fused-ring (bicyclic) bond motifs is 5. The van der Waals surface area contributed by atoms with Crippen molar-refractivity contribution in [1.82, 2.24) is 10.0 Å². The molecular weight excluding hydrogens is 694 g/mol. The first-order chi connectivity index (χ1) is 23.0. The van der Waals surface area contributed by atoms with Crippen molar-refractivity contribution in [1.29, 1.82) is 0 Å². The summed E-state index contributed by atoms with van der Waals surface area (Å²) >= 11 is 25.0. The highest BCUT2D eigenvalue weighted by molar-refractivity contribution is 6.43. The van der Waals surface area contributed by atoms with Crippen molar-refractivity contribution < 1.29 is 19.2 Å². The van der Waals surface area contributed by atoms with Crippen LogP contribution in [0.2, 0.25) is 20.1 Å². The molecule has 0 saturated carbocycles. The van der Waals surface area contributed by atoms with Gasteiger partial charge in [-0.2, -0.15) is 0 Å².